The Hall–Kier alpha value is 3.71. The van der Waals surface area contributed by atoms with Gasteiger partial charge in [0.25, 0.3) is 0 Å². The quantitative estimate of drug-likeness (QED) is 0.353. The van der Waals surface area contributed by atoms with Gasteiger partial charge in [0.15, 0.2) is 0 Å². The van der Waals surface area contributed by atoms with Gasteiger partial charge >= 0.3 is 89.1 Å². The van der Waals surface area contributed by atoms with Crippen molar-refractivity contribution in [2.45, 2.75) is 0 Å². The maximum absolute atomic E-state index is 0. The van der Waals surface area contributed by atoms with Crippen LogP contribution in [0.3, 0.4) is 0 Å². The second-order valence-electron chi connectivity index (χ2n) is 0. The smallest absolute Gasteiger partial charge is 1.00 e. The SMILES string of the molecule is Cl.[Ca+2].[Fe].[H-].[H-].[H-].[K+]. The van der Waals surface area contributed by atoms with Gasteiger partial charge in [-0.15, -0.1) is 12.4 Å². The summed E-state index contributed by atoms with van der Waals surface area (Å²) in [6, 6.07) is 0. The molecular weight excluding hydrogens is 170 g/mol. The first-order valence-corrected chi connectivity index (χ1v) is 0. The van der Waals surface area contributed by atoms with Crippen LogP contribution in [0.4, 0.5) is 0 Å². The van der Waals surface area contributed by atoms with E-state index in [1.54, 1.807) is 0 Å². The van der Waals surface area contributed by atoms with Crippen LogP contribution in [-0.4, -0.2) is 37.7 Å². The largest absolute Gasteiger partial charge is 2.00 e. The molecule has 0 radical (unpaired) electrons. The van der Waals surface area contributed by atoms with Crippen molar-refractivity contribution in [1.82, 2.24) is 0 Å². The van der Waals surface area contributed by atoms with E-state index in [1.807, 2.05) is 0 Å². The molecule has 0 spiro atoms. The molecule has 0 aliphatic rings. The van der Waals surface area contributed by atoms with Crippen LogP contribution >= 0.6 is 12.4 Å². The predicted molar refractivity (Wildman–Crippen MR) is 16.3 cm³/mol. The molecule has 0 rings (SSSR count). The monoisotopic (exact) mass is 174 g/mol. The van der Waals surface area contributed by atoms with Gasteiger partial charge in [-0.05, 0) is 0 Å². The summed E-state index contributed by atoms with van der Waals surface area (Å²) in [7, 11) is 0. The van der Waals surface area contributed by atoms with Crippen molar-refractivity contribution in [3.05, 3.63) is 0 Å². The Bertz CT molecular complexity index is 14.9. The second kappa shape index (κ2) is 15.9. The van der Waals surface area contributed by atoms with Crippen LogP contribution in [0.2, 0.25) is 0 Å². The molecule has 4 heteroatoms. The standard InChI is InChI=1S/Ca.ClH.Fe.K.3H/h;1H;;;;;/q+2;;;+1;3*-1. The molecule has 0 saturated heterocycles. The molecule has 0 nitrogen and oxygen atoms in total. The normalized spacial score (nSPS) is 0. The van der Waals surface area contributed by atoms with Crippen LogP contribution in [-0.2, 0) is 17.1 Å². The fourth-order valence-electron chi connectivity index (χ4n) is 0. The van der Waals surface area contributed by atoms with Gasteiger partial charge < -0.3 is 4.28 Å². The van der Waals surface area contributed by atoms with Crippen LogP contribution < -0.4 is 51.4 Å². The Morgan fingerprint density at radius 3 is 1.25 bits per heavy atom. The first-order valence-electron chi connectivity index (χ1n) is 0. The van der Waals surface area contributed by atoms with Gasteiger partial charge in [-0.3, -0.25) is 0 Å². The molecule has 0 amide bonds. The Morgan fingerprint density at radius 2 is 1.25 bits per heavy atom. The summed E-state index contributed by atoms with van der Waals surface area (Å²) in [6.07, 6.45) is 0. The Morgan fingerprint density at radius 1 is 1.25 bits per heavy atom. The molecule has 0 N–H and O–H groups in total. The van der Waals surface area contributed by atoms with Crippen LogP contribution in [0.25, 0.3) is 0 Å². The van der Waals surface area contributed by atoms with Gasteiger partial charge in [0.05, 0.1) is 0 Å². The van der Waals surface area contributed by atoms with Crippen molar-refractivity contribution in [2.75, 3.05) is 0 Å². The topological polar surface area (TPSA) is 0 Å². The van der Waals surface area contributed by atoms with Crippen LogP contribution in [0, 0.1) is 0 Å². The fraction of sp³-hybridized carbons (Fsp3) is 0. The van der Waals surface area contributed by atoms with Gasteiger partial charge in [0.1, 0.15) is 0 Å². The molecule has 4 heavy (non-hydrogen) atoms. The maximum Gasteiger partial charge on any atom is 2.00 e. The van der Waals surface area contributed by atoms with Crippen LogP contribution in [0.15, 0.2) is 0 Å². The van der Waals surface area contributed by atoms with Crippen molar-refractivity contribution in [2.24, 2.45) is 0 Å². The van der Waals surface area contributed by atoms with E-state index in [-0.39, 0.29) is 123 Å². The van der Waals surface area contributed by atoms with E-state index < -0.39 is 0 Å². The summed E-state index contributed by atoms with van der Waals surface area (Å²) in [4.78, 5) is 0. The Balaban J connectivity index is 0. The van der Waals surface area contributed by atoms with Crippen molar-refractivity contribution in [3.63, 3.8) is 0 Å². The van der Waals surface area contributed by atoms with Crippen LogP contribution in [0.5, 0.6) is 0 Å². The molecule has 0 aromatic rings. The maximum atomic E-state index is 0. The van der Waals surface area contributed by atoms with E-state index in [4.69, 9.17) is 0 Å². The molecule has 0 bridgehead atoms. The van der Waals surface area contributed by atoms with Gasteiger partial charge in [-0.2, -0.15) is 0 Å². The molecule has 0 aliphatic heterocycles. The molecule has 0 aliphatic carbocycles. The zero-order valence-corrected chi connectivity index (χ0v) is 9.72. The van der Waals surface area contributed by atoms with Crippen molar-refractivity contribution in [1.29, 1.82) is 0 Å². The minimum atomic E-state index is 0. The van der Waals surface area contributed by atoms with E-state index >= 15 is 0 Å². The molecule has 0 saturated carbocycles. The number of rotatable bonds is 0. The predicted octanol–water partition coefficient (Wildman–Crippen LogP) is -2.62. The molecule has 0 unspecified atom stereocenters. The van der Waals surface area contributed by atoms with E-state index in [0.717, 1.165) is 0 Å². The first-order chi connectivity index (χ1) is 0. The summed E-state index contributed by atoms with van der Waals surface area (Å²) in [5, 5.41) is 0. The van der Waals surface area contributed by atoms with Gasteiger partial charge in [-0.1, -0.05) is 0 Å². The third kappa shape index (κ3) is 9.20. The van der Waals surface area contributed by atoms with Crippen molar-refractivity contribution in [3.8, 4) is 0 Å². The van der Waals surface area contributed by atoms with Gasteiger partial charge in [0, 0.05) is 17.1 Å². The average molecular weight is 175 g/mol. The molecule has 0 heterocycles. The Kier molecular flexibility index (Phi) is 100. The molecule has 0 aromatic carbocycles. The summed E-state index contributed by atoms with van der Waals surface area (Å²) in [5.41, 5.74) is 0. The third-order valence-corrected chi connectivity index (χ3v) is 0. The number of halogens is 1. The molecule has 0 fully saturated rings. The van der Waals surface area contributed by atoms with E-state index in [0.29, 0.717) is 0 Å². The summed E-state index contributed by atoms with van der Waals surface area (Å²) in [6.45, 7) is 0. The molecule has 22 valence electrons. The molecule has 0 atom stereocenters. The zero-order chi connectivity index (χ0) is 0. The van der Waals surface area contributed by atoms with E-state index in [9.17, 15) is 0 Å². The fourth-order valence-corrected chi connectivity index (χ4v) is 0. The molecular formula is H4CaClFeK. The van der Waals surface area contributed by atoms with Gasteiger partial charge in [-0.25, -0.2) is 0 Å². The average Bonchev–Trinajstić information content (AvgIpc) is 0. The van der Waals surface area contributed by atoms with E-state index in [1.165, 1.54) is 0 Å². The van der Waals surface area contributed by atoms with E-state index in [2.05, 4.69) is 0 Å². The number of hydrogen-bond donors (Lipinski definition) is 0. The summed E-state index contributed by atoms with van der Waals surface area (Å²) in [5.74, 6) is 0. The van der Waals surface area contributed by atoms with Crippen molar-refractivity contribution >= 4 is 50.1 Å². The molecule has 0 aromatic heterocycles. The second-order valence-corrected chi connectivity index (χ2v) is 0. The zero-order valence-electron chi connectivity index (χ0n) is 5.47. The van der Waals surface area contributed by atoms with Crippen LogP contribution in [0.1, 0.15) is 4.28 Å². The first kappa shape index (κ1) is 25.2. The third-order valence-electron chi connectivity index (χ3n) is 0. The minimum absolute atomic E-state index is 0. The van der Waals surface area contributed by atoms with Crippen molar-refractivity contribution < 1.29 is 72.7 Å². The number of hydrogen-bond acceptors (Lipinski definition) is 0. The Labute approximate surface area is 120 Å². The minimum Gasteiger partial charge on any atom is -1.00 e. The summed E-state index contributed by atoms with van der Waals surface area (Å²) >= 11 is 0. The summed E-state index contributed by atoms with van der Waals surface area (Å²) < 4.78 is 0. The van der Waals surface area contributed by atoms with Gasteiger partial charge in [0.2, 0.25) is 0 Å².